The number of hydrogen-bond donors (Lipinski definition) is 1. The molecule has 0 saturated carbocycles. The van der Waals surface area contributed by atoms with Crippen LogP contribution < -0.4 is 5.73 Å². The largest absolute Gasteiger partial charge is 0.385 e. The zero-order chi connectivity index (χ0) is 13.5. The number of aromatic nitrogens is 2. The summed E-state index contributed by atoms with van der Waals surface area (Å²) in [7, 11) is 3.41. The van der Waals surface area contributed by atoms with Crippen molar-refractivity contribution in [1.82, 2.24) is 9.78 Å². The molecule has 2 unspecified atom stereocenters. The van der Waals surface area contributed by atoms with Crippen LogP contribution in [0.2, 0.25) is 0 Å². The van der Waals surface area contributed by atoms with Crippen molar-refractivity contribution in [2.75, 3.05) is 20.8 Å². The molecule has 18 heavy (non-hydrogen) atoms. The van der Waals surface area contributed by atoms with E-state index in [0.717, 1.165) is 25.3 Å². The van der Waals surface area contributed by atoms with E-state index in [9.17, 15) is 0 Å². The second-order valence-electron chi connectivity index (χ2n) is 4.80. The third-order valence-electron chi connectivity index (χ3n) is 3.09. The monoisotopic (exact) mass is 255 g/mol. The summed E-state index contributed by atoms with van der Waals surface area (Å²) >= 11 is 0. The summed E-state index contributed by atoms with van der Waals surface area (Å²) in [5.74, 6) is 0.368. The average Bonchev–Trinajstić information content (AvgIpc) is 2.78. The zero-order valence-corrected chi connectivity index (χ0v) is 11.8. The van der Waals surface area contributed by atoms with E-state index in [-0.39, 0.29) is 12.1 Å². The Hall–Kier alpha value is -0.910. The molecule has 1 rings (SSSR count). The van der Waals surface area contributed by atoms with E-state index in [4.69, 9.17) is 15.2 Å². The molecule has 5 nitrogen and oxygen atoms in total. The topological polar surface area (TPSA) is 62.3 Å². The lowest BCUT2D eigenvalue weighted by Crippen LogP contribution is -2.34. The second kappa shape index (κ2) is 7.51. The first-order valence-electron chi connectivity index (χ1n) is 6.40. The number of aryl methyl sites for hydroxylation is 1. The maximum Gasteiger partial charge on any atom is 0.0801 e. The first kappa shape index (κ1) is 15.1. The Morgan fingerprint density at radius 1 is 1.39 bits per heavy atom. The fraction of sp³-hybridized carbons (Fsp3) is 0.769. The van der Waals surface area contributed by atoms with Crippen molar-refractivity contribution in [1.29, 1.82) is 0 Å². The molecule has 2 N–H and O–H groups in total. The van der Waals surface area contributed by atoms with Gasteiger partial charge in [-0.1, -0.05) is 13.8 Å². The van der Waals surface area contributed by atoms with Gasteiger partial charge in [-0.15, -0.1) is 0 Å². The van der Waals surface area contributed by atoms with Crippen molar-refractivity contribution in [2.45, 2.75) is 39.0 Å². The van der Waals surface area contributed by atoms with Gasteiger partial charge in [-0.3, -0.25) is 4.68 Å². The first-order chi connectivity index (χ1) is 8.61. The minimum atomic E-state index is -0.153. The molecule has 1 heterocycles. The quantitative estimate of drug-likeness (QED) is 0.717. The molecular formula is C13H25N3O2. The minimum Gasteiger partial charge on any atom is -0.385 e. The summed E-state index contributed by atoms with van der Waals surface area (Å²) in [6, 6.07) is 1.81. The molecule has 5 heteroatoms. The maximum atomic E-state index is 6.28. The summed E-state index contributed by atoms with van der Waals surface area (Å²) in [5.41, 5.74) is 7.30. The highest BCUT2D eigenvalue weighted by Gasteiger charge is 2.24. The van der Waals surface area contributed by atoms with E-state index >= 15 is 0 Å². The molecule has 0 aliphatic rings. The number of nitrogens with two attached hydrogens (primary N) is 1. The Bertz CT molecular complexity index is 339. The van der Waals surface area contributed by atoms with Crippen LogP contribution in [0.5, 0.6) is 0 Å². The van der Waals surface area contributed by atoms with Gasteiger partial charge in [0.25, 0.3) is 0 Å². The Kier molecular flexibility index (Phi) is 6.32. The molecular weight excluding hydrogens is 230 g/mol. The fourth-order valence-corrected chi connectivity index (χ4v) is 2.17. The molecule has 0 fully saturated rings. The van der Waals surface area contributed by atoms with Gasteiger partial charge in [-0.2, -0.15) is 5.10 Å². The molecule has 1 aromatic heterocycles. The molecule has 0 aromatic carbocycles. The SMILES string of the molecule is COCCCn1nccc1C(N)C(OC)C(C)C. The molecule has 0 radical (unpaired) electrons. The first-order valence-corrected chi connectivity index (χ1v) is 6.40. The lowest BCUT2D eigenvalue weighted by molar-refractivity contribution is 0.0413. The molecule has 0 aliphatic carbocycles. The Morgan fingerprint density at radius 2 is 2.11 bits per heavy atom. The lowest BCUT2D eigenvalue weighted by Gasteiger charge is -2.26. The Balaban J connectivity index is 2.72. The van der Waals surface area contributed by atoms with Crippen LogP contribution >= 0.6 is 0 Å². The van der Waals surface area contributed by atoms with Crippen molar-refractivity contribution in [3.8, 4) is 0 Å². The van der Waals surface area contributed by atoms with Crippen molar-refractivity contribution in [3.63, 3.8) is 0 Å². The summed E-state index contributed by atoms with van der Waals surface area (Å²) < 4.78 is 12.5. The number of nitrogens with zero attached hydrogens (tertiary/aromatic N) is 2. The van der Waals surface area contributed by atoms with Gasteiger partial charge in [-0.05, 0) is 18.4 Å². The van der Waals surface area contributed by atoms with Crippen molar-refractivity contribution in [3.05, 3.63) is 18.0 Å². The molecule has 0 spiro atoms. The van der Waals surface area contributed by atoms with Crippen LogP contribution in [0.4, 0.5) is 0 Å². The lowest BCUT2D eigenvalue weighted by atomic mass is 9.97. The van der Waals surface area contributed by atoms with E-state index in [2.05, 4.69) is 18.9 Å². The highest BCUT2D eigenvalue weighted by molar-refractivity contribution is 5.09. The molecule has 2 atom stereocenters. The summed E-state index contributed by atoms with van der Waals surface area (Å²) in [6.07, 6.45) is 2.72. The van der Waals surface area contributed by atoms with Gasteiger partial charge >= 0.3 is 0 Å². The normalized spacial score (nSPS) is 15.0. The van der Waals surface area contributed by atoms with Crippen molar-refractivity contribution < 1.29 is 9.47 Å². The van der Waals surface area contributed by atoms with Crippen LogP contribution in [0.3, 0.4) is 0 Å². The third kappa shape index (κ3) is 3.80. The van der Waals surface area contributed by atoms with Crippen LogP contribution in [0, 0.1) is 5.92 Å². The number of methoxy groups -OCH3 is 2. The molecule has 0 bridgehead atoms. The predicted octanol–water partition coefficient (Wildman–Crippen LogP) is 1.59. The number of rotatable bonds is 8. The van der Waals surface area contributed by atoms with Crippen LogP contribution in [-0.4, -0.2) is 36.7 Å². The smallest absolute Gasteiger partial charge is 0.0801 e. The van der Waals surface area contributed by atoms with Crippen LogP contribution in [-0.2, 0) is 16.0 Å². The number of ether oxygens (including phenoxy) is 2. The molecule has 0 amide bonds. The third-order valence-corrected chi connectivity index (χ3v) is 3.09. The summed E-state index contributed by atoms with van der Waals surface area (Å²) in [6.45, 7) is 5.77. The van der Waals surface area contributed by atoms with Crippen LogP contribution in [0.25, 0.3) is 0 Å². The average molecular weight is 255 g/mol. The van der Waals surface area contributed by atoms with Gasteiger partial charge in [0.05, 0.1) is 17.8 Å². The fourth-order valence-electron chi connectivity index (χ4n) is 2.17. The van der Waals surface area contributed by atoms with Crippen molar-refractivity contribution >= 4 is 0 Å². The standard InChI is InChI=1S/C13H25N3O2/c1-10(2)13(18-4)12(14)11-6-7-15-16(11)8-5-9-17-3/h6-7,10,12-13H,5,8-9,14H2,1-4H3. The molecule has 1 aromatic rings. The van der Waals surface area contributed by atoms with Crippen molar-refractivity contribution in [2.24, 2.45) is 11.7 Å². The molecule has 0 aliphatic heterocycles. The van der Waals surface area contributed by atoms with Gasteiger partial charge < -0.3 is 15.2 Å². The molecule has 104 valence electrons. The van der Waals surface area contributed by atoms with E-state index < -0.39 is 0 Å². The summed E-state index contributed by atoms with van der Waals surface area (Å²) in [4.78, 5) is 0. The summed E-state index contributed by atoms with van der Waals surface area (Å²) in [5, 5.41) is 4.31. The van der Waals surface area contributed by atoms with E-state index in [0.29, 0.717) is 5.92 Å². The van der Waals surface area contributed by atoms with E-state index in [1.807, 2.05) is 10.7 Å². The number of hydrogen-bond acceptors (Lipinski definition) is 4. The van der Waals surface area contributed by atoms with E-state index in [1.165, 1.54) is 0 Å². The predicted molar refractivity (Wildman–Crippen MR) is 71.3 cm³/mol. The second-order valence-corrected chi connectivity index (χ2v) is 4.80. The van der Waals surface area contributed by atoms with Gasteiger partial charge in [0.1, 0.15) is 0 Å². The van der Waals surface area contributed by atoms with Crippen LogP contribution in [0.1, 0.15) is 32.0 Å². The highest BCUT2D eigenvalue weighted by Crippen LogP contribution is 2.22. The maximum absolute atomic E-state index is 6.28. The van der Waals surface area contributed by atoms with Crippen LogP contribution in [0.15, 0.2) is 12.3 Å². The minimum absolute atomic E-state index is 0.00266. The highest BCUT2D eigenvalue weighted by atomic mass is 16.5. The van der Waals surface area contributed by atoms with E-state index in [1.54, 1.807) is 20.4 Å². The van der Waals surface area contributed by atoms with Gasteiger partial charge in [0, 0.05) is 33.6 Å². The Labute approximate surface area is 109 Å². The Morgan fingerprint density at radius 3 is 2.67 bits per heavy atom. The van der Waals surface area contributed by atoms with Gasteiger partial charge in [0.15, 0.2) is 0 Å². The van der Waals surface area contributed by atoms with Gasteiger partial charge in [-0.25, -0.2) is 0 Å². The molecule has 0 saturated heterocycles. The van der Waals surface area contributed by atoms with Gasteiger partial charge in [0.2, 0.25) is 0 Å². The zero-order valence-electron chi connectivity index (χ0n) is 11.8.